The summed E-state index contributed by atoms with van der Waals surface area (Å²) in [5, 5.41) is 8.62. The van der Waals surface area contributed by atoms with Gasteiger partial charge in [-0.25, -0.2) is 8.42 Å². The van der Waals surface area contributed by atoms with Crippen molar-refractivity contribution in [2.45, 2.75) is 38.1 Å². The lowest BCUT2D eigenvalue weighted by molar-refractivity contribution is 0.360. The van der Waals surface area contributed by atoms with Gasteiger partial charge in [0.25, 0.3) is 0 Å². The van der Waals surface area contributed by atoms with Crippen LogP contribution >= 0.6 is 0 Å². The average molecular weight is 266 g/mol. The van der Waals surface area contributed by atoms with Crippen LogP contribution in [0.1, 0.15) is 25.8 Å². The van der Waals surface area contributed by atoms with Gasteiger partial charge in [0.2, 0.25) is 10.0 Å². The Morgan fingerprint density at radius 2 is 1.94 bits per heavy atom. The van der Waals surface area contributed by atoms with Crippen molar-refractivity contribution >= 4 is 10.0 Å². The lowest BCUT2D eigenvalue weighted by Crippen LogP contribution is -2.37. The smallest absolute Gasteiger partial charge is 0.207 e. The summed E-state index contributed by atoms with van der Waals surface area (Å²) in [6.07, 6.45) is 0.198. The van der Waals surface area contributed by atoms with Crippen molar-refractivity contribution in [2.75, 3.05) is 6.54 Å². The number of nitrogens with zero attached hydrogens (tertiary/aromatic N) is 2. The third-order valence-corrected chi connectivity index (χ3v) is 4.94. The number of hydrogen-bond donors (Lipinski definition) is 0. The zero-order valence-electron chi connectivity index (χ0n) is 10.9. The molecule has 0 aliphatic carbocycles. The molecule has 0 aromatic heterocycles. The van der Waals surface area contributed by atoms with Crippen LogP contribution in [0.5, 0.6) is 0 Å². The second kappa shape index (κ2) is 5.98. The molecule has 0 saturated carbocycles. The van der Waals surface area contributed by atoms with E-state index >= 15 is 0 Å². The SMILES string of the molecule is Cc1ccccc1S(=O)(=O)N(CCC#N)C(C)C. The van der Waals surface area contributed by atoms with Crippen molar-refractivity contribution in [3.05, 3.63) is 29.8 Å². The maximum Gasteiger partial charge on any atom is 0.243 e. The van der Waals surface area contributed by atoms with E-state index in [1.54, 1.807) is 25.1 Å². The number of benzene rings is 1. The van der Waals surface area contributed by atoms with Gasteiger partial charge in [-0.3, -0.25) is 0 Å². The van der Waals surface area contributed by atoms with E-state index in [0.717, 1.165) is 5.56 Å². The topological polar surface area (TPSA) is 61.2 Å². The van der Waals surface area contributed by atoms with Crippen molar-refractivity contribution in [3.63, 3.8) is 0 Å². The molecule has 5 heteroatoms. The van der Waals surface area contributed by atoms with Gasteiger partial charge in [-0.1, -0.05) is 18.2 Å². The van der Waals surface area contributed by atoms with Gasteiger partial charge in [0.1, 0.15) is 0 Å². The quantitative estimate of drug-likeness (QED) is 0.821. The van der Waals surface area contributed by atoms with Gasteiger partial charge in [0.05, 0.1) is 11.0 Å². The summed E-state index contributed by atoms with van der Waals surface area (Å²) in [5.41, 5.74) is 0.722. The number of nitriles is 1. The van der Waals surface area contributed by atoms with Crippen LogP contribution in [0.2, 0.25) is 0 Å². The van der Waals surface area contributed by atoms with Gasteiger partial charge in [-0.05, 0) is 32.4 Å². The molecular formula is C13H18N2O2S. The Labute approximate surface area is 109 Å². The zero-order chi connectivity index (χ0) is 13.8. The average Bonchev–Trinajstić information content (AvgIpc) is 2.29. The first-order chi connectivity index (χ1) is 8.41. The molecular weight excluding hydrogens is 248 g/mol. The van der Waals surface area contributed by atoms with Crippen LogP contribution < -0.4 is 0 Å². The predicted octanol–water partition coefficient (Wildman–Crippen LogP) is 2.31. The third-order valence-electron chi connectivity index (χ3n) is 2.70. The summed E-state index contributed by atoms with van der Waals surface area (Å²) in [7, 11) is -3.52. The summed E-state index contributed by atoms with van der Waals surface area (Å²) in [6.45, 7) is 5.63. The molecule has 18 heavy (non-hydrogen) atoms. The second-order valence-corrected chi connectivity index (χ2v) is 6.24. The molecule has 0 aliphatic heterocycles. The molecule has 1 rings (SSSR count). The van der Waals surface area contributed by atoms with E-state index in [2.05, 4.69) is 0 Å². The lowest BCUT2D eigenvalue weighted by atomic mass is 10.2. The molecule has 0 amide bonds. The fraction of sp³-hybridized carbons (Fsp3) is 0.462. The highest BCUT2D eigenvalue weighted by Crippen LogP contribution is 2.21. The van der Waals surface area contributed by atoms with E-state index in [-0.39, 0.29) is 19.0 Å². The first-order valence-electron chi connectivity index (χ1n) is 5.85. The summed E-state index contributed by atoms with van der Waals surface area (Å²) >= 11 is 0. The summed E-state index contributed by atoms with van der Waals surface area (Å²) in [4.78, 5) is 0.316. The zero-order valence-corrected chi connectivity index (χ0v) is 11.7. The Balaban J connectivity index is 3.19. The molecule has 0 radical (unpaired) electrons. The van der Waals surface area contributed by atoms with Gasteiger partial charge in [0.15, 0.2) is 0 Å². The molecule has 0 atom stereocenters. The molecule has 1 aromatic rings. The molecule has 0 fully saturated rings. The van der Waals surface area contributed by atoms with E-state index in [4.69, 9.17) is 5.26 Å². The second-order valence-electron chi connectivity index (χ2n) is 4.38. The highest BCUT2D eigenvalue weighted by Gasteiger charge is 2.27. The van der Waals surface area contributed by atoms with Gasteiger partial charge in [-0.15, -0.1) is 0 Å². The summed E-state index contributed by atoms with van der Waals surface area (Å²) in [6, 6.07) is 8.72. The first kappa shape index (κ1) is 14.7. The maximum atomic E-state index is 12.5. The molecule has 0 spiro atoms. The van der Waals surface area contributed by atoms with E-state index in [9.17, 15) is 8.42 Å². The molecule has 0 unspecified atom stereocenters. The van der Waals surface area contributed by atoms with E-state index in [1.807, 2.05) is 26.0 Å². The Morgan fingerprint density at radius 1 is 1.33 bits per heavy atom. The van der Waals surface area contributed by atoms with Crippen molar-refractivity contribution in [1.29, 1.82) is 5.26 Å². The van der Waals surface area contributed by atoms with Crippen LogP contribution in [0, 0.1) is 18.3 Å². The molecule has 0 aliphatic rings. The molecule has 4 nitrogen and oxygen atoms in total. The van der Waals surface area contributed by atoms with E-state index < -0.39 is 10.0 Å². The number of aryl methyl sites for hydroxylation is 1. The fourth-order valence-electron chi connectivity index (χ4n) is 1.79. The molecule has 0 heterocycles. The van der Waals surface area contributed by atoms with Gasteiger partial charge in [0, 0.05) is 19.0 Å². The Morgan fingerprint density at radius 3 is 2.44 bits per heavy atom. The predicted molar refractivity (Wildman–Crippen MR) is 70.4 cm³/mol. The highest BCUT2D eigenvalue weighted by molar-refractivity contribution is 7.89. The van der Waals surface area contributed by atoms with Crippen LogP contribution in [0.3, 0.4) is 0 Å². The van der Waals surface area contributed by atoms with Crippen LogP contribution in [0.25, 0.3) is 0 Å². The standard InChI is InChI=1S/C13H18N2O2S/c1-11(2)15(10-6-9-14)18(16,17)13-8-5-4-7-12(13)3/h4-5,7-8,11H,6,10H2,1-3H3. The molecule has 1 aromatic carbocycles. The Bertz CT molecular complexity index is 544. The number of hydrogen-bond acceptors (Lipinski definition) is 3. The normalized spacial score (nSPS) is 11.8. The molecule has 0 N–H and O–H groups in total. The minimum Gasteiger partial charge on any atom is -0.207 e. The largest absolute Gasteiger partial charge is 0.243 e. The van der Waals surface area contributed by atoms with Crippen molar-refractivity contribution in [1.82, 2.24) is 4.31 Å². The van der Waals surface area contributed by atoms with Crippen molar-refractivity contribution in [2.24, 2.45) is 0 Å². The van der Waals surface area contributed by atoms with Crippen LogP contribution in [-0.4, -0.2) is 25.3 Å². The summed E-state index contributed by atoms with van der Waals surface area (Å²) < 4.78 is 26.4. The third kappa shape index (κ3) is 3.09. The minimum absolute atomic E-state index is 0.164. The Hall–Kier alpha value is -1.38. The fourth-order valence-corrected chi connectivity index (χ4v) is 3.65. The first-order valence-corrected chi connectivity index (χ1v) is 7.29. The molecule has 0 saturated heterocycles. The van der Waals surface area contributed by atoms with E-state index in [0.29, 0.717) is 4.90 Å². The number of rotatable bonds is 5. The van der Waals surface area contributed by atoms with Crippen molar-refractivity contribution < 1.29 is 8.42 Å². The monoisotopic (exact) mass is 266 g/mol. The number of sulfonamides is 1. The minimum atomic E-state index is -3.52. The van der Waals surface area contributed by atoms with Crippen molar-refractivity contribution in [3.8, 4) is 6.07 Å². The highest BCUT2D eigenvalue weighted by atomic mass is 32.2. The van der Waals surface area contributed by atoms with Crippen LogP contribution in [-0.2, 0) is 10.0 Å². The van der Waals surface area contributed by atoms with Gasteiger partial charge >= 0.3 is 0 Å². The van der Waals surface area contributed by atoms with Crippen LogP contribution in [0.4, 0.5) is 0 Å². The van der Waals surface area contributed by atoms with Crippen LogP contribution in [0.15, 0.2) is 29.2 Å². The molecule has 98 valence electrons. The van der Waals surface area contributed by atoms with Gasteiger partial charge in [-0.2, -0.15) is 9.57 Å². The van der Waals surface area contributed by atoms with E-state index in [1.165, 1.54) is 4.31 Å². The Kier molecular flexibility index (Phi) is 4.88. The molecule has 0 bridgehead atoms. The lowest BCUT2D eigenvalue weighted by Gasteiger charge is -2.25. The summed E-state index contributed by atoms with van der Waals surface area (Å²) in [5.74, 6) is 0. The maximum absolute atomic E-state index is 12.5. The van der Waals surface area contributed by atoms with Gasteiger partial charge < -0.3 is 0 Å².